The number of nitrogens with two attached hydrogens (primary N) is 1. The highest BCUT2D eigenvalue weighted by atomic mass is 16.6. The molecule has 1 aromatic carbocycles. The van der Waals surface area contributed by atoms with E-state index < -0.39 is 47.9 Å². The molecule has 9 atom stereocenters. The Hall–Kier alpha value is -10.6. The van der Waals surface area contributed by atoms with Gasteiger partial charge in [0.2, 0.25) is 17.7 Å². The van der Waals surface area contributed by atoms with Crippen LogP contribution in [0.2, 0.25) is 0 Å². The lowest BCUT2D eigenvalue weighted by molar-refractivity contribution is -0.167. The zero-order valence-electron chi connectivity index (χ0n) is 73.2. The molecule has 0 spiro atoms. The fourth-order valence-corrected chi connectivity index (χ4v) is 18.9. The Labute approximate surface area is 731 Å². The van der Waals surface area contributed by atoms with Crippen LogP contribution >= 0.6 is 0 Å². The SMILES string of the molecule is CO[C@H]1CC2CCCC(O2)C(=O)C(=O)N2CCCC[C@H]2C(=O)O[C@H](CCC2CCC(OC(=O)N3CCc4nc(N5CCN(CCOCCN6CCN(c7ncc(C(=O)N8CCc9cc(Cn%10nc(-c%11cnc%12[nH]ccc%12c%11)c%11c(N)ncnc%11%10)ccc9C8)cn7)CC6)CC5)ncc4C3)CC2)CC(=O)[C@H](C)/C=C(\C)[C@@H](O)CC(=O)[C@H](C)C[C@H](C)/C=C/C=CC=C1C. The molecule has 7 aliphatic heterocycles. The molecule has 15 rings (SSSR count). The van der Waals surface area contributed by atoms with Crippen molar-refractivity contribution in [2.24, 2.45) is 23.7 Å². The van der Waals surface area contributed by atoms with Gasteiger partial charge in [-0.1, -0.05) is 75.4 Å². The van der Waals surface area contributed by atoms with Gasteiger partial charge < -0.3 is 64.0 Å². The molecule has 8 aliphatic rings. The highest BCUT2D eigenvalue weighted by Gasteiger charge is 2.43. The van der Waals surface area contributed by atoms with Gasteiger partial charge >= 0.3 is 12.1 Å². The number of allylic oxidation sites excluding steroid dienone is 6. The number of carbonyl (C=O) groups excluding carboxylic acids is 7. The molecule has 1 saturated carbocycles. The second-order valence-electron chi connectivity index (χ2n) is 35.6. The van der Waals surface area contributed by atoms with Gasteiger partial charge in [-0.3, -0.25) is 33.8 Å². The van der Waals surface area contributed by atoms with Gasteiger partial charge in [0.05, 0.1) is 61.3 Å². The first-order chi connectivity index (χ1) is 60.6. The summed E-state index contributed by atoms with van der Waals surface area (Å²) in [5.41, 5.74) is 16.5. The number of anilines is 3. The third-order valence-electron chi connectivity index (χ3n) is 26.7. The maximum Gasteiger partial charge on any atom is 0.410 e. The third-order valence-corrected chi connectivity index (χ3v) is 26.7. The Kier molecular flexibility index (Phi) is 29.8. The lowest BCUT2D eigenvalue weighted by atomic mass is 9.83. The highest BCUT2D eigenvalue weighted by molar-refractivity contribution is 6.38. The van der Waals surface area contributed by atoms with Gasteiger partial charge in [0.1, 0.15) is 59.4 Å². The van der Waals surface area contributed by atoms with Crippen molar-refractivity contribution in [3.05, 3.63) is 149 Å². The largest absolute Gasteiger partial charge is 0.460 e. The molecule has 2 unspecified atom stereocenters. The van der Waals surface area contributed by atoms with Crippen molar-refractivity contribution in [3.8, 4) is 11.3 Å². The third kappa shape index (κ3) is 22.5. The molecule has 666 valence electrons. The van der Waals surface area contributed by atoms with Crippen LogP contribution < -0.4 is 15.5 Å². The topological polar surface area (TPSA) is 358 Å². The molecule has 4 saturated heterocycles. The van der Waals surface area contributed by atoms with Crippen LogP contribution in [0.4, 0.5) is 22.5 Å². The number of amides is 3. The van der Waals surface area contributed by atoms with E-state index in [1.807, 2.05) is 78.3 Å². The molecule has 3 amide bonds. The number of esters is 1. The second kappa shape index (κ2) is 41.7. The lowest BCUT2D eigenvalue weighted by Crippen LogP contribution is -2.54. The maximum atomic E-state index is 14.5. The first-order valence-electron chi connectivity index (χ1n) is 45.2. The van der Waals surface area contributed by atoms with Gasteiger partial charge in [0, 0.05) is 184 Å². The number of rotatable bonds is 17. The minimum absolute atomic E-state index is 0.0692. The quantitative estimate of drug-likeness (QED) is 0.0330. The number of nitrogen functional groups attached to an aromatic ring is 1. The Bertz CT molecular complexity index is 5100. The summed E-state index contributed by atoms with van der Waals surface area (Å²) in [6.45, 7) is 21.4. The summed E-state index contributed by atoms with van der Waals surface area (Å²) in [7, 11) is 1.64. The molecular formula is C94H122N18O13. The summed E-state index contributed by atoms with van der Waals surface area (Å²) >= 11 is 0. The number of fused-ring (bicyclic) bond motifs is 7. The number of piperidine rings is 1. The van der Waals surface area contributed by atoms with E-state index >= 15 is 0 Å². The molecule has 5 fully saturated rings. The number of ketones is 3. The van der Waals surface area contributed by atoms with E-state index in [2.05, 4.69) is 74.6 Å². The number of aromatic amines is 1. The number of hydrogen-bond acceptors (Lipinski definition) is 26. The molecule has 2 bridgehead atoms. The van der Waals surface area contributed by atoms with Crippen molar-refractivity contribution >= 4 is 81.0 Å². The standard InChI is InChI=1S/C94H122N18O13/c1-60-13-8-7-9-14-61(2)82(121-6)50-74-15-12-17-81(123-74)85(116)90(118)111-30-11-10-16-77(111)91(119)124-75(49-78(113)63(4)46-64(5)80(115)51-79(114)62(3)45-60)25-21-65-19-23-73(24-20-65)125-94(120)110-32-28-76-72(58-110)55-100-93(103-76)108-39-35-106(36-40-108)42-44-122-43-41-105-33-37-107(38-34-105)92-98-53-71(54-99-92)89(117)109-31-27-67-47-66(18-22-69(67)57-109)56-112-88-83(86(95)101-59-102-88)84(104-112)70-48-68-26-29-96-87(68)97-52-70/h7-9,13-14,18,22,26,29,46-48,52-55,59-60,62-63,65,73-75,77,80-82,115H,10-12,15-17,19-21,23-25,27-28,30-45,49-51,56-58H2,1-6H3,(H,96,97)(H2,95,101,102)/b9-7?,13-8+,61-14?,64-46+/t60-,62-,63-,65?,73?,74?,75-,77+,80+,81?,82+/m1/s1. The van der Waals surface area contributed by atoms with Crippen molar-refractivity contribution in [2.45, 2.75) is 212 Å². The van der Waals surface area contributed by atoms with Gasteiger partial charge in [-0.05, 0) is 156 Å². The number of nitrogens with zero attached hydrogens (tertiary/aromatic N) is 16. The predicted molar refractivity (Wildman–Crippen MR) is 472 cm³/mol. The number of aliphatic hydroxyl groups excluding tert-OH is 1. The lowest BCUT2D eigenvalue weighted by Gasteiger charge is -2.36. The number of H-pyrrole nitrogens is 1. The smallest absolute Gasteiger partial charge is 0.410 e. The zero-order valence-corrected chi connectivity index (χ0v) is 73.2. The number of piperazine rings is 2. The number of pyridine rings is 1. The van der Waals surface area contributed by atoms with E-state index in [0.717, 1.165) is 123 Å². The predicted octanol–water partition coefficient (Wildman–Crippen LogP) is 10.4. The molecule has 125 heavy (non-hydrogen) atoms. The van der Waals surface area contributed by atoms with Gasteiger partial charge in [-0.15, -0.1) is 0 Å². The van der Waals surface area contributed by atoms with E-state index in [1.165, 1.54) is 16.8 Å². The van der Waals surface area contributed by atoms with Gasteiger partial charge in [-0.2, -0.15) is 5.10 Å². The average molecular weight is 1710 g/mol. The van der Waals surface area contributed by atoms with E-state index in [9.17, 15) is 38.7 Å². The van der Waals surface area contributed by atoms with Crippen LogP contribution in [-0.4, -0.2) is 269 Å². The summed E-state index contributed by atoms with van der Waals surface area (Å²) in [4.78, 5) is 148. The van der Waals surface area contributed by atoms with E-state index in [4.69, 9.17) is 44.5 Å². The first-order valence-corrected chi connectivity index (χ1v) is 45.2. The van der Waals surface area contributed by atoms with Crippen LogP contribution in [0.1, 0.15) is 176 Å². The number of nitrogens with one attached hydrogen (secondary N) is 1. The number of carbonyl (C=O) groups is 7. The molecule has 13 heterocycles. The van der Waals surface area contributed by atoms with Crippen LogP contribution in [-0.2, 0) is 80.1 Å². The molecule has 1 aliphatic carbocycles. The van der Waals surface area contributed by atoms with Crippen molar-refractivity contribution < 1.29 is 62.4 Å². The van der Waals surface area contributed by atoms with Gasteiger partial charge in [-0.25, -0.2) is 49.2 Å². The van der Waals surface area contributed by atoms with Crippen molar-refractivity contribution in [3.63, 3.8) is 0 Å². The maximum absolute atomic E-state index is 14.5. The summed E-state index contributed by atoms with van der Waals surface area (Å²) in [6, 6.07) is 9.37. The zero-order chi connectivity index (χ0) is 87.2. The molecule has 31 heteroatoms. The monoisotopic (exact) mass is 1710 g/mol. The van der Waals surface area contributed by atoms with Crippen molar-refractivity contribution in [2.75, 3.05) is 121 Å². The first kappa shape index (κ1) is 89.3. The van der Waals surface area contributed by atoms with Crippen LogP contribution in [0.5, 0.6) is 0 Å². The molecular weight excluding hydrogens is 1590 g/mol. The second-order valence-corrected chi connectivity index (χ2v) is 35.6. The molecule has 4 N–H and O–H groups in total. The number of ether oxygens (including phenoxy) is 5. The normalized spacial score (nSPS) is 26.2. The minimum atomic E-state index is -1.08. The van der Waals surface area contributed by atoms with Gasteiger partial charge in [0.25, 0.3) is 11.8 Å². The van der Waals surface area contributed by atoms with Crippen LogP contribution in [0, 0.1) is 23.7 Å². The highest BCUT2D eigenvalue weighted by Crippen LogP contribution is 2.37. The van der Waals surface area contributed by atoms with E-state index in [0.29, 0.717) is 181 Å². The van der Waals surface area contributed by atoms with Crippen molar-refractivity contribution in [1.82, 2.24) is 74.2 Å². The van der Waals surface area contributed by atoms with Crippen LogP contribution in [0.3, 0.4) is 0 Å². The molecule has 6 aromatic heterocycles. The Balaban J connectivity index is 0.463. The Morgan fingerprint density at radius 2 is 1.43 bits per heavy atom. The van der Waals surface area contributed by atoms with Gasteiger partial charge in [0.15, 0.2) is 5.65 Å². The molecule has 31 nitrogen and oxygen atoms in total. The van der Waals surface area contributed by atoms with Crippen LogP contribution in [0.25, 0.3) is 33.3 Å². The van der Waals surface area contributed by atoms with Crippen molar-refractivity contribution in [1.29, 1.82) is 0 Å². The Morgan fingerprint density at radius 3 is 2.20 bits per heavy atom. The molecule has 0 radical (unpaired) electrons. The van der Waals surface area contributed by atoms with E-state index in [1.54, 1.807) is 50.5 Å². The summed E-state index contributed by atoms with van der Waals surface area (Å²) in [5.74, 6) is -1.49. The number of aliphatic hydroxyl groups is 1. The fraction of sp³-hybridized carbons (Fsp3) is 0.564. The van der Waals surface area contributed by atoms with E-state index in [-0.39, 0.29) is 79.0 Å². The fourth-order valence-electron chi connectivity index (χ4n) is 18.9. The minimum Gasteiger partial charge on any atom is -0.460 e. The molecule has 7 aromatic rings. The summed E-state index contributed by atoms with van der Waals surface area (Å²) in [6.07, 6.45) is 27.0. The number of aromatic nitrogens is 10. The summed E-state index contributed by atoms with van der Waals surface area (Å²) in [5, 5.41) is 17.9. The summed E-state index contributed by atoms with van der Waals surface area (Å²) < 4.78 is 32.9. The number of methoxy groups -OCH3 is 1. The van der Waals surface area contributed by atoms with Crippen LogP contribution in [0.15, 0.2) is 115 Å². The Morgan fingerprint density at radius 1 is 0.688 bits per heavy atom. The number of cyclic esters (lactones) is 1. The number of hydrogen-bond donors (Lipinski definition) is 3. The number of benzene rings is 1. The number of Topliss-reactive ketones (excluding diaryl/α,β-unsaturated/α-hetero) is 3. The average Bonchev–Trinajstić information content (AvgIpc) is 1.62.